The molecule has 1 rings (SSSR count). The monoisotopic (exact) mass is 156 g/mol. The number of aromatic nitrogens is 4. The fourth-order valence-electron chi connectivity index (χ4n) is 0.479. The van der Waals surface area contributed by atoms with Crippen molar-refractivity contribution in [2.24, 2.45) is 0 Å². The van der Waals surface area contributed by atoms with Gasteiger partial charge in [-0.1, -0.05) is 6.92 Å². The first-order valence-corrected chi connectivity index (χ1v) is 4.16. The molecule has 0 fully saturated rings. The number of nitrogens with zero attached hydrogens (tertiary/aromatic N) is 4. The van der Waals surface area contributed by atoms with Gasteiger partial charge in [0.1, 0.15) is 0 Å². The molecule has 10 heavy (non-hydrogen) atoms. The van der Waals surface area contributed by atoms with Crippen LogP contribution < -0.4 is 0 Å². The second-order valence-electron chi connectivity index (χ2n) is 1.60. The van der Waals surface area contributed by atoms with Gasteiger partial charge in [0, 0.05) is 0 Å². The average Bonchev–Trinajstić information content (AvgIpc) is 2.03. The summed E-state index contributed by atoms with van der Waals surface area (Å²) in [6.07, 6.45) is 1.33. The molecule has 0 amide bonds. The predicted octanol–water partition coefficient (Wildman–Crippen LogP) is 0.520. The molecule has 54 valence electrons. The quantitative estimate of drug-likeness (QED) is 0.638. The Morgan fingerprint density at radius 1 is 1.40 bits per heavy atom. The van der Waals surface area contributed by atoms with Crippen molar-refractivity contribution in [2.75, 3.05) is 5.75 Å². The zero-order valence-corrected chi connectivity index (χ0v) is 6.51. The maximum atomic E-state index is 3.77. The van der Waals surface area contributed by atoms with Crippen LogP contribution in [0.2, 0.25) is 0 Å². The second-order valence-corrected chi connectivity index (χ2v) is 2.87. The number of rotatable bonds is 3. The van der Waals surface area contributed by atoms with E-state index < -0.39 is 0 Å². The molecular weight excluding hydrogens is 148 g/mol. The molecule has 1 aromatic heterocycles. The lowest BCUT2D eigenvalue weighted by Gasteiger charge is -1.92. The largest absolute Gasteiger partial charge is 0.183 e. The van der Waals surface area contributed by atoms with Gasteiger partial charge in [-0.2, -0.15) is 11.8 Å². The van der Waals surface area contributed by atoms with Crippen LogP contribution >= 0.6 is 11.8 Å². The Kier molecular flexibility index (Phi) is 3.08. The van der Waals surface area contributed by atoms with E-state index >= 15 is 0 Å². The summed E-state index contributed by atoms with van der Waals surface area (Å²) < 4.78 is 0. The first-order valence-electron chi connectivity index (χ1n) is 3.00. The molecule has 0 atom stereocenters. The molecule has 0 aliphatic carbocycles. The summed E-state index contributed by atoms with van der Waals surface area (Å²) >= 11 is 1.76. The molecule has 0 N–H and O–H groups in total. The van der Waals surface area contributed by atoms with Crippen molar-refractivity contribution in [2.45, 2.75) is 12.7 Å². The zero-order valence-electron chi connectivity index (χ0n) is 5.69. The minimum atomic E-state index is 0.703. The summed E-state index contributed by atoms with van der Waals surface area (Å²) in [4.78, 5) is 0. The van der Waals surface area contributed by atoms with Crippen LogP contribution in [0.3, 0.4) is 0 Å². The molecule has 0 radical (unpaired) electrons. The van der Waals surface area contributed by atoms with Gasteiger partial charge >= 0.3 is 0 Å². The van der Waals surface area contributed by atoms with Gasteiger partial charge in [0.25, 0.3) is 0 Å². The maximum absolute atomic E-state index is 3.77. The highest BCUT2D eigenvalue weighted by Crippen LogP contribution is 2.03. The van der Waals surface area contributed by atoms with Crippen LogP contribution in [0.5, 0.6) is 0 Å². The Balaban J connectivity index is 2.43. The first kappa shape index (κ1) is 7.40. The molecule has 0 aliphatic heterocycles. The Labute approximate surface area is 63.5 Å². The fourth-order valence-corrected chi connectivity index (χ4v) is 0.981. The molecule has 0 saturated heterocycles. The Hall–Kier alpha value is -0.710. The molecule has 0 unspecified atom stereocenters. The maximum Gasteiger partial charge on any atom is 0.183 e. The predicted molar refractivity (Wildman–Crippen MR) is 39.5 cm³/mol. The molecular formula is C5H8N4S. The SMILES string of the molecule is CCSCc1nncnn1. The topological polar surface area (TPSA) is 51.6 Å². The van der Waals surface area contributed by atoms with Gasteiger partial charge in [0.2, 0.25) is 0 Å². The molecule has 1 heterocycles. The lowest BCUT2D eigenvalue weighted by molar-refractivity contribution is 0.799. The zero-order chi connectivity index (χ0) is 7.23. The van der Waals surface area contributed by atoms with Gasteiger partial charge in [-0.05, 0) is 5.75 Å². The van der Waals surface area contributed by atoms with Crippen LogP contribution in [0, 0.1) is 0 Å². The first-order chi connectivity index (χ1) is 4.93. The fraction of sp³-hybridized carbons (Fsp3) is 0.600. The number of hydrogen-bond acceptors (Lipinski definition) is 5. The van der Waals surface area contributed by atoms with Crippen molar-refractivity contribution >= 4 is 11.8 Å². The minimum absolute atomic E-state index is 0.703. The van der Waals surface area contributed by atoms with E-state index in [2.05, 4.69) is 27.3 Å². The van der Waals surface area contributed by atoms with Gasteiger partial charge in [-0.3, -0.25) is 0 Å². The Bertz CT molecular complexity index is 178. The Morgan fingerprint density at radius 3 is 2.70 bits per heavy atom. The van der Waals surface area contributed by atoms with Crippen molar-refractivity contribution in [3.05, 3.63) is 12.2 Å². The molecule has 4 nitrogen and oxygen atoms in total. The smallest absolute Gasteiger partial charge is 0.154 e. The summed E-state index contributed by atoms with van der Waals surface area (Å²) in [5.74, 6) is 2.57. The number of hydrogen-bond donors (Lipinski definition) is 0. The summed E-state index contributed by atoms with van der Waals surface area (Å²) in [6.45, 7) is 2.09. The third kappa shape index (κ3) is 2.26. The highest BCUT2D eigenvalue weighted by atomic mass is 32.2. The van der Waals surface area contributed by atoms with Crippen LogP contribution in [-0.2, 0) is 5.75 Å². The molecule has 0 aliphatic rings. The third-order valence-corrected chi connectivity index (χ3v) is 1.76. The highest BCUT2D eigenvalue weighted by molar-refractivity contribution is 7.98. The van der Waals surface area contributed by atoms with E-state index in [1.807, 2.05) is 0 Å². The molecule has 0 bridgehead atoms. The van der Waals surface area contributed by atoms with E-state index in [-0.39, 0.29) is 0 Å². The van der Waals surface area contributed by atoms with Gasteiger partial charge in [0.05, 0.1) is 5.75 Å². The van der Waals surface area contributed by atoms with Crippen LogP contribution in [0.4, 0.5) is 0 Å². The number of thioether (sulfide) groups is 1. The lowest BCUT2D eigenvalue weighted by atomic mass is 10.7. The van der Waals surface area contributed by atoms with Crippen LogP contribution in [0.15, 0.2) is 6.33 Å². The van der Waals surface area contributed by atoms with Gasteiger partial charge in [0.15, 0.2) is 12.2 Å². The van der Waals surface area contributed by atoms with E-state index in [0.29, 0.717) is 5.82 Å². The van der Waals surface area contributed by atoms with E-state index in [1.54, 1.807) is 11.8 Å². The van der Waals surface area contributed by atoms with Crippen molar-refractivity contribution in [1.82, 2.24) is 20.4 Å². The van der Waals surface area contributed by atoms with Crippen molar-refractivity contribution in [1.29, 1.82) is 0 Å². The minimum Gasteiger partial charge on any atom is -0.154 e. The van der Waals surface area contributed by atoms with Crippen LogP contribution in [0.25, 0.3) is 0 Å². The molecule has 0 spiro atoms. The summed E-state index contributed by atoms with van der Waals surface area (Å²) in [7, 11) is 0. The van der Waals surface area contributed by atoms with Crippen molar-refractivity contribution < 1.29 is 0 Å². The van der Waals surface area contributed by atoms with Crippen LogP contribution in [0.1, 0.15) is 12.7 Å². The van der Waals surface area contributed by atoms with E-state index in [0.717, 1.165) is 11.5 Å². The van der Waals surface area contributed by atoms with E-state index in [4.69, 9.17) is 0 Å². The third-order valence-electron chi connectivity index (χ3n) is 0.885. The molecule has 5 heteroatoms. The average molecular weight is 156 g/mol. The summed E-state index contributed by atoms with van der Waals surface area (Å²) in [5, 5.41) is 14.7. The van der Waals surface area contributed by atoms with Gasteiger partial charge in [-0.25, -0.2) is 0 Å². The molecule has 1 aromatic rings. The molecule has 0 saturated carbocycles. The van der Waals surface area contributed by atoms with Crippen molar-refractivity contribution in [3.63, 3.8) is 0 Å². The summed E-state index contributed by atoms with van der Waals surface area (Å²) in [5.41, 5.74) is 0. The molecule has 0 aromatic carbocycles. The van der Waals surface area contributed by atoms with E-state index in [1.165, 1.54) is 6.33 Å². The van der Waals surface area contributed by atoms with Crippen molar-refractivity contribution in [3.8, 4) is 0 Å². The highest BCUT2D eigenvalue weighted by Gasteiger charge is 1.93. The normalized spacial score (nSPS) is 9.70. The van der Waals surface area contributed by atoms with Gasteiger partial charge < -0.3 is 0 Å². The van der Waals surface area contributed by atoms with Crippen LogP contribution in [-0.4, -0.2) is 26.1 Å². The summed E-state index contributed by atoms with van der Waals surface area (Å²) in [6, 6.07) is 0. The second kappa shape index (κ2) is 4.16. The lowest BCUT2D eigenvalue weighted by Crippen LogP contribution is -1.96. The van der Waals surface area contributed by atoms with E-state index in [9.17, 15) is 0 Å². The Morgan fingerprint density at radius 2 is 2.10 bits per heavy atom. The van der Waals surface area contributed by atoms with Gasteiger partial charge in [-0.15, -0.1) is 20.4 Å². The standard InChI is InChI=1S/C5H8N4S/c1-2-10-3-5-8-6-4-7-9-5/h4H,2-3H2,1H3.